The molecule has 0 saturated carbocycles. The largest absolute Gasteiger partial charge is 0.338 e. The molecule has 0 bridgehead atoms. The molecule has 1 aliphatic rings. The first-order chi connectivity index (χ1) is 13.4. The topological polar surface area (TPSA) is 98.1 Å². The monoisotopic (exact) mass is 423 g/mol. The molecule has 1 amide bonds. The third-order valence-corrected chi connectivity index (χ3v) is 7.42. The van der Waals surface area contributed by atoms with Gasteiger partial charge in [0.2, 0.25) is 11.1 Å². The van der Waals surface area contributed by atoms with Gasteiger partial charge in [-0.3, -0.25) is 4.79 Å². The lowest BCUT2D eigenvalue weighted by Crippen LogP contribution is -2.42. The highest BCUT2D eigenvalue weighted by molar-refractivity contribution is 7.99. The van der Waals surface area contributed by atoms with E-state index in [2.05, 4.69) is 22.4 Å². The van der Waals surface area contributed by atoms with Crippen molar-refractivity contribution in [3.05, 3.63) is 29.8 Å². The Labute approximate surface area is 169 Å². The van der Waals surface area contributed by atoms with Crippen LogP contribution in [0, 0.1) is 6.92 Å². The van der Waals surface area contributed by atoms with Gasteiger partial charge in [0.15, 0.2) is 9.84 Å². The van der Waals surface area contributed by atoms with Crippen LogP contribution in [-0.2, 0) is 14.6 Å². The van der Waals surface area contributed by atoms with Gasteiger partial charge in [0.1, 0.15) is 0 Å². The van der Waals surface area contributed by atoms with E-state index in [0.717, 1.165) is 24.1 Å². The lowest BCUT2D eigenvalue weighted by Gasteiger charge is -2.28. The van der Waals surface area contributed by atoms with Crippen molar-refractivity contribution in [2.75, 3.05) is 23.8 Å². The molecule has 0 aliphatic carbocycles. The first-order valence-corrected chi connectivity index (χ1v) is 12.2. The van der Waals surface area contributed by atoms with Gasteiger partial charge in [0.25, 0.3) is 0 Å². The molecular weight excluding hydrogens is 398 g/mol. The summed E-state index contributed by atoms with van der Waals surface area (Å²) in [5.74, 6) is 0.326. The van der Waals surface area contributed by atoms with Crippen molar-refractivity contribution < 1.29 is 13.2 Å². The van der Waals surface area contributed by atoms with Crippen LogP contribution >= 0.6 is 11.8 Å². The van der Waals surface area contributed by atoms with Gasteiger partial charge >= 0.3 is 0 Å². The first kappa shape index (κ1) is 20.8. The summed E-state index contributed by atoms with van der Waals surface area (Å²) >= 11 is 1.27. The van der Waals surface area contributed by atoms with Gasteiger partial charge in [-0.1, -0.05) is 42.8 Å². The van der Waals surface area contributed by atoms with Gasteiger partial charge in [-0.25, -0.2) is 8.42 Å². The molecular formula is C18H25N5O3S2. The fourth-order valence-electron chi connectivity index (χ4n) is 3.19. The van der Waals surface area contributed by atoms with Gasteiger partial charge < -0.3 is 4.90 Å². The van der Waals surface area contributed by atoms with Crippen LogP contribution in [0.3, 0.4) is 0 Å². The molecule has 10 heteroatoms. The smallest absolute Gasteiger partial charge is 0.233 e. The molecule has 0 unspecified atom stereocenters. The molecule has 2 aromatic rings. The Morgan fingerprint density at radius 3 is 2.71 bits per heavy atom. The lowest BCUT2D eigenvalue weighted by atomic mass is 10.2. The summed E-state index contributed by atoms with van der Waals surface area (Å²) in [6.45, 7) is 4.64. The number of carbonyl (C=O) groups is 1. The average molecular weight is 424 g/mol. The predicted molar refractivity (Wildman–Crippen MR) is 108 cm³/mol. The normalized spacial score (nSPS) is 18.3. The van der Waals surface area contributed by atoms with E-state index in [1.54, 1.807) is 9.58 Å². The van der Waals surface area contributed by atoms with Crippen LogP contribution in [-0.4, -0.2) is 69.3 Å². The summed E-state index contributed by atoms with van der Waals surface area (Å²) in [5.41, 5.74) is 1.97. The Kier molecular flexibility index (Phi) is 6.71. The van der Waals surface area contributed by atoms with Crippen molar-refractivity contribution in [2.45, 2.75) is 44.3 Å². The van der Waals surface area contributed by atoms with Crippen molar-refractivity contribution in [3.8, 4) is 5.69 Å². The molecule has 2 heterocycles. The maximum Gasteiger partial charge on any atom is 0.233 e. The standard InChI is InChI=1S/C18H25N5O3S2/c1-3-4-10-22(16-9-11-28(25,26)13-16)17(24)12-27-18-19-20-21-23(18)15-7-5-14(2)6-8-15/h5-8,16H,3-4,9-13H2,1-2H3/t16-/m0/s1. The summed E-state index contributed by atoms with van der Waals surface area (Å²) < 4.78 is 25.3. The fourth-order valence-corrected chi connectivity index (χ4v) is 5.69. The third kappa shape index (κ3) is 5.11. The minimum absolute atomic E-state index is 0.0637. The second kappa shape index (κ2) is 9.04. The molecule has 1 fully saturated rings. The molecule has 8 nitrogen and oxygen atoms in total. The lowest BCUT2D eigenvalue weighted by molar-refractivity contribution is -0.130. The number of nitrogens with zero attached hydrogens (tertiary/aromatic N) is 5. The SMILES string of the molecule is CCCCN(C(=O)CSc1nnnn1-c1ccc(C)cc1)[C@H]1CCS(=O)(=O)C1. The molecule has 152 valence electrons. The Hall–Kier alpha value is -1.94. The van der Waals surface area contributed by atoms with E-state index in [4.69, 9.17) is 0 Å². The molecule has 1 atom stereocenters. The van der Waals surface area contributed by atoms with E-state index in [-0.39, 0.29) is 29.2 Å². The van der Waals surface area contributed by atoms with Crippen molar-refractivity contribution in [1.82, 2.24) is 25.1 Å². The quantitative estimate of drug-likeness (QED) is 0.598. The minimum Gasteiger partial charge on any atom is -0.338 e. The van der Waals surface area contributed by atoms with Gasteiger partial charge in [-0.05, 0) is 42.3 Å². The third-order valence-electron chi connectivity index (χ3n) is 4.77. The van der Waals surface area contributed by atoms with E-state index < -0.39 is 9.84 Å². The van der Waals surface area contributed by atoms with Crippen LogP contribution in [0.4, 0.5) is 0 Å². The molecule has 3 rings (SSSR count). The number of carbonyl (C=O) groups excluding carboxylic acids is 1. The zero-order chi connectivity index (χ0) is 20.1. The number of hydrogen-bond donors (Lipinski definition) is 0. The average Bonchev–Trinajstić information content (AvgIpc) is 3.27. The Morgan fingerprint density at radius 1 is 1.32 bits per heavy atom. The van der Waals surface area contributed by atoms with Crippen LogP contribution in [0.5, 0.6) is 0 Å². The van der Waals surface area contributed by atoms with Gasteiger partial charge in [-0.15, -0.1) is 5.10 Å². The molecule has 1 aromatic heterocycles. The summed E-state index contributed by atoms with van der Waals surface area (Å²) in [5, 5.41) is 12.3. The van der Waals surface area contributed by atoms with E-state index in [0.29, 0.717) is 18.1 Å². The zero-order valence-electron chi connectivity index (χ0n) is 16.1. The number of hydrogen-bond acceptors (Lipinski definition) is 7. The number of thioether (sulfide) groups is 1. The summed E-state index contributed by atoms with van der Waals surface area (Å²) in [6, 6.07) is 7.58. The molecule has 0 radical (unpaired) electrons. The summed E-state index contributed by atoms with van der Waals surface area (Å²) in [4.78, 5) is 14.6. The number of rotatable bonds is 8. The van der Waals surface area contributed by atoms with E-state index in [1.807, 2.05) is 31.2 Å². The van der Waals surface area contributed by atoms with Crippen molar-refractivity contribution in [2.24, 2.45) is 0 Å². The number of aromatic nitrogens is 4. The Balaban J connectivity index is 1.68. The van der Waals surface area contributed by atoms with Crippen molar-refractivity contribution in [3.63, 3.8) is 0 Å². The van der Waals surface area contributed by atoms with Crippen molar-refractivity contribution >= 4 is 27.5 Å². The Morgan fingerprint density at radius 2 is 2.07 bits per heavy atom. The van der Waals surface area contributed by atoms with Crippen LogP contribution in [0.15, 0.2) is 29.4 Å². The molecule has 1 aromatic carbocycles. The molecule has 0 N–H and O–H groups in total. The minimum atomic E-state index is -3.04. The number of tetrazole rings is 1. The second-order valence-electron chi connectivity index (χ2n) is 7.00. The number of aryl methyl sites for hydroxylation is 1. The van der Waals surface area contributed by atoms with Gasteiger partial charge in [0.05, 0.1) is 22.9 Å². The number of sulfone groups is 1. The number of amides is 1. The van der Waals surface area contributed by atoms with E-state index in [9.17, 15) is 13.2 Å². The maximum absolute atomic E-state index is 12.9. The van der Waals surface area contributed by atoms with Crippen LogP contribution in [0.2, 0.25) is 0 Å². The highest BCUT2D eigenvalue weighted by Gasteiger charge is 2.34. The second-order valence-corrected chi connectivity index (χ2v) is 10.2. The van der Waals surface area contributed by atoms with Crippen LogP contribution in [0.1, 0.15) is 31.7 Å². The van der Waals surface area contributed by atoms with E-state index >= 15 is 0 Å². The fraction of sp³-hybridized carbons (Fsp3) is 0.556. The first-order valence-electron chi connectivity index (χ1n) is 9.37. The van der Waals surface area contributed by atoms with Crippen LogP contribution in [0.25, 0.3) is 5.69 Å². The highest BCUT2D eigenvalue weighted by Crippen LogP contribution is 2.22. The molecule has 0 spiro atoms. The number of benzene rings is 1. The van der Waals surface area contributed by atoms with Gasteiger partial charge in [-0.2, -0.15) is 4.68 Å². The molecule has 28 heavy (non-hydrogen) atoms. The number of unbranched alkanes of at least 4 members (excludes halogenated alkanes) is 1. The van der Waals surface area contributed by atoms with Gasteiger partial charge in [0, 0.05) is 12.6 Å². The Bertz CT molecular complexity index is 912. The van der Waals surface area contributed by atoms with Crippen LogP contribution < -0.4 is 0 Å². The summed E-state index contributed by atoms with van der Waals surface area (Å²) in [7, 11) is -3.04. The predicted octanol–water partition coefficient (Wildman–Crippen LogP) is 1.88. The van der Waals surface area contributed by atoms with E-state index in [1.165, 1.54) is 11.8 Å². The maximum atomic E-state index is 12.9. The molecule has 1 aliphatic heterocycles. The summed E-state index contributed by atoms with van der Waals surface area (Å²) in [6.07, 6.45) is 2.32. The van der Waals surface area contributed by atoms with Crippen molar-refractivity contribution in [1.29, 1.82) is 0 Å². The highest BCUT2D eigenvalue weighted by atomic mass is 32.2. The zero-order valence-corrected chi connectivity index (χ0v) is 17.7. The molecule has 1 saturated heterocycles.